The number of rotatable bonds is 3. The fourth-order valence-corrected chi connectivity index (χ4v) is 2.72. The molecule has 0 bridgehead atoms. The minimum atomic E-state index is -0.127. The lowest BCUT2D eigenvalue weighted by Crippen LogP contribution is -2.44. The molecular formula is C18H22N4O2. The molecule has 126 valence electrons. The van der Waals surface area contributed by atoms with Crippen LogP contribution in [0, 0.1) is 0 Å². The van der Waals surface area contributed by atoms with E-state index in [1.54, 1.807) is 42.4 Å². The Bertz CT molecular complexity index is 692. The van der Waals surface area contributed by atoms with Crippen LogP contribution in [0.15, 0.2) is 42.6 Å². The van der Waals surface area contributed by atoms with Gasteiger partial charge >= 0.3 is 0 Å². The van der Waals surface area contributed by atoms with E-state index in [9.17, 15) is 9.90 Å². The molecule has 1 aromatic carbocycles. The van der Waals surface area contributed by atoms with Crippen LogP contribution in [-0.4, -0.2) is 61.2 Å². The smallest absolute Gasteiger partial charge is 0.259 e. The summed E-state index contributed by atoms with van der Waals surface area (Å²) in [5, 5.41) is 9.34. The number of phenolic OH excluding ortho intramolecular Hbond substituents is 1. The zero-order chi connectivity index (χ0) is 17.1. The van der Waals surface area contributed by atoms with Crippen molar-refractivity contribution in [2.75, 3.05) is 50.1 Å². The van der Waals surface area contributed by atoms with Gasteiger partial charge in [-0.3, -0.25) is 4.79 Å². The molecular weight excluding hydrogens is 304 g/mol. The van der Waals surface area contributed by atoms with Crippen LogP contribution in [0.25, 0.3) is 0 Å². The molecule has 1 fully saturated rings. The highest BCUT2D eigenvalue weighted by atomic mass is 16.3. The molecule has 1 aliphatic heterocycles. The number of nitrogens with zero attached hydrogens (tertiary/aromatic N) is 4. The molecule has 1 aromatic heterocycles. The van der Waals surface area contributed by atoms with Gasteiger partial charge in [-0.2, -0.15) is 0 Å². The highest BCUT2D eigenvalue weighted by molar-refractivity contribution is 6.05. The second-order valence-corrected chi connectivity index (χ2v) is 6.08. The first kappa shape index (κ1) is 16.3. The van der Waals surface area contributed by atoms with Gasteiger partial charge in [0.2, 0.25) is 0 Å². The molecule has 1 saturated heterocycles. The number of carbonyl (C=O) groups excluding carboxylic acids is 1. The number of aromatic nitrogens is 1. The summed E-state index contributed by atoms with van der Waals surface area (Å²) < 4.78 is 0. The van der Waals surface area contributed by atoms with Crippen LogP contribution in [0.5, 0.6) is 5.75 Å². The molecule has 3 rings (SSSR count). The monoisotopic (exact) mass is 326 g/mol. The van der Waals surface area contributed by atoms with Crippen LogP contribution < -0.4 is 9.80 Å². The number of hydrogen-bond donors (Lipinski definition) is 1. The second kappa shape index (κ2) is 6.88. The number of piperazine rings is 1. The number of hydrogen-bond acceptors (Lipinski definition) is 5. The Morgan fingerprint density at radius 2 is 1.75 bits per heavy atom. The van der Waals surface area contributed by atoms with Gasteiger partial charge in [-0.05, 0) is 43.4 Å². The quantitative estimate of drug-likeness (QED) is 0.932. The van der Waals surface area contributed by atoms with Crippen LogP contribution in [-0.2, 0) is 0 Å². The summed E-state index contributed by atoms with van der Waals surface area (Å²) >= 11 is 0. The van der Waals surface area contributed by atoms with Crippen molar-refractivity contribution in [1.29, 1.82) is 0 Å². The summed E-state index contributed by atoms with van der Waals surface area (Å²) in [4.78, 5) is 23.1. The minimum Gasteiger partial charge on any atom is -0.508 e. The van der Waals surface area contributed by atoms with E-state index in [4.69, 9.17) is 0 Å². The highest BCUT2D eigenvalue weighted by Gasteiger charge is 2.17. The number of phenols is 1. The maximum Gasteiger partial charge on any atom is 0.259 e. The molecule has 2 heterocycles. The SMILES string of the molecule is CN1CCN(c2ccc(C(=O)N(C)c3ccc(O)cc3)cn2)CC1. The van der Waals surface area contributed by atoms with Gasteiger partial charge in [0.15, 0.2) is 0 Å². The predicted molar refractivity (Wildman–Crippen MR) is 94.8 cm³/mol. The molecule has 0 spiro atoms. The van der Waals surface area contributed by atoms with Gasteiger partial charge in [0.25, 0.3) is 5.91 Å². The highest BCUT2D eigenvalue weighted by Crippen LogP contribution is 2.20. The molecule has 0 aliphatic carbocycles. The normalized spacial score (nSPS) is 15.3. The molecule has 2 aromatic rings. The van der Waals surface area contributed by atoms with E-state index in [1.165, 1.54) is 0 Å². The Morgan fingerprint density at radius 1 is 1.08 bits per heavy atom. The van der Waals surface area contributed by atoms with Crippen molar-refractivity contribution in [1.82, 2.24) is 9.88 Å². The van der Waals surface area contributed by atoms with Crippen LogP contribution >= 0.6 is 0 Å². The predicted octanol–water partition coefficient (Wildman–Crippen LogP) is 1.82. The maximum absolute atomic E-state index is 12.6. The number of pyridine rings is 1. The third-order valence-corrected chi connectivity index (χ3v) is 4.36. The van der Waals surface area contributed by atoms with Gasteiger partial charge in [-0.1, -0.05) is 0 Å². The lowest BCUT2D eigenvalue weighted by molar-refractivity contribution is 0.0992. The zero-order valence-corrected chi connectivity index (χ0v) is 14.0. The Labute approximate surface area is 141 Å². The molecule has 0 unspecified atom stereocenters. The average molecular weight is 326 g/mol. The third kappa shape index (κ3) is 3.49. The van der Waals surface area contributed by atoms with Crippen molar-refractivity contribution in [3.8, 4) is 5.75 Å². The molecule has 1 N–H and O–H groups in total. The minimum absolute atomic E-state index is 0.127. The zero-order valence-electron chi connectivity index (χ0n) is 14.0. The van der Waals surface area contributed by atoms with Gasteiger partial charge in [0.05, 0.1) is 5.56 Å². The first-order chi connectivity index (χ1) is 11.5. The topological polar surface area (TPSA) is 59.9 Å². The van der Waals surface area contributed by atoms with E-state index in [1.807, 2.05) is 12.1 Å². The standard InChI is InChI=1S/C18H22N4O2/c1-20-9-11-22(12-10-20)17-8-3-14(13-19-17)18(24)21(2)15-4-6-16(23)7-5-15/h3-8,13,23H,9-12H2,1-2H3. The number of carbonyl (C=O) groups is 1. The summed E-state index contributed by atoms with van der Waals surface area (Å²) in [5.41, 5.74) is 1.27. The fraction of sp³-hybridized carbons (Fsp3) is 0.333. The molecule has 0 atom stereocenters. The second-order valence-electron chi connectivity index (χ2n) is 6.08. The van der Waals surface area contributed by atoms with Crippen LogP contribution in [0.2, 0.25) is 0 Å². The molecule has 24 heavy (non-hydrogen) atoms. The molecule has 0 saturated carbocycles. The van der Waals surface area contributed by atoms with Crippen LogP contribution in [0.4, 0.5) is 11.5 Å². The Hall–Kier alpha value is -2.60. The number of benzene rings is 1. The molecule has 6 heteroatoms. The van der Waals surface area contributed by atoms with E-state index in [0.29, 0.717) is 5.56 Å². The lowest BCUT2D eigenvalue weighted by Gasteiger charge is -2.33. The Kier molecular flexibility index (Phi) is 4.66. The van der Waals surface area contributed by atoms with Crippen molar-refractivity contribution < 1.29 is 9.90 Å². The summed E-state index contributed by atoms with van der Waals surface area (Å²) in [5.74, 6) is 0.961. The number of amides is 1. The van der Waals surface area contributed by atoms with Crippen molar-refractivity contribution >= 4 is 17.4 Å². The Morgan fingerprint density at radius 3 is 2.33 bits per heavy atom. The molecule has 1 amide bonds. The summed E-state index contributed by atoms with van der Waals surface area (Å²) in [6, 6.07) is 10.3. The largest absolute Gasteiger partial charge is 0.508 e. The fourth-order valence-electron chi connectivity index (χ4n) is 2.72. The van der Waals surface area contributed by atoms with Crippen molar-refractivity contribution in [2.24, 2.45) is 0 Å². The third-order valence-electron chi connectivity index (χ3n) is 4.36. The van der Waals surface area contributed by atoms with Gasteiger partial charge in [0.1, 0.15) is 11.6 Å². The van der Waals surface area contributed by atoms with Gasteiger partial charge in [-0.15, -0.1) is 0 Å². The van der Waals surface area contributed by atoms with E-state index in [-0.39, 0.29) is 11.7 Å². The first-order valence-corrected chi connectivity index (χ1v) is 8.01. The van der Waals surface area contributed by atoms with Crippen LogP contribution in [0.1, 0.15) is 10.4 Å². The van der Waals surface area contributed by atoms with E-state index >= 15 is 0 Å². The van der Waals surface area contributed by atoms with Crippen molar-refractivity contribution in [2.45, 2.75) is 0 Å². The molecule has 1 aliphatic rings. The van der Waals surface area contributed by atoms with Crippen molar-refractivity contribution in [3.63, 3.8) is 0 Å². The number of anilines is 2. The first-order valence-electron chi connectivity index (χ1n) is 8.01. The van der Waals surface area contributed by atoms with Crippen molar-refractivity contribution in [3.05, 3.63) is 48.2 Å². The lowest BCUT2D eigenvalue weighted by atomic mass is 10.2. The van der Waals surface area contributed by atoms with E-state index in [2.05, 4.69) is 21.8 Å². The van der Waals surface area contributed by atoms with Crippen LogP contribution in [0.3, 0.4) is 0 Å². The number of likely N-dealkylation sites (N-methyl/N-ethyl adjacent to an activating group) is 1. The molecule has 6 nitrogen and oxygen atoms in total. The Balaban J connectivity index is 1.70. The van der Waals surface area contributed by atoms with E-state index < -0.39 is 0 Å². The summed E-state index contributed by atoms with van der Waals surface area (Å²) in [6.45, 7) is 3.94. The van der Waals surface area contributed by atoms with Gasteiger partial charge in [-0.25, -0.2) is 4.98 Å². The summed E-state index contributed by atoms with van der Waals surface area (Å²) in [7, 11) is 3.83. The average Bonchev–Trinajstić information content (AvgIpc) is 2.62. The van der Waals surface area contributed by atoms with E-state index in [0.717, 1.165) is 37.7 Å². The van der Waals surface area contributed by atoms with Gasteiger partial charge in [0, 0.05) is 45.1 Å². The molecule has 0 radical (unpaired) electrons. The maximum atomic E-state index is 12.6. The summed E-state index contributed by atoms with van der Waals surface area (Å²) in [6.07, 6.45) is 1.63. The van der Waals surface area contributed by atoms with Gasteiger partial charge < -0.3 is 19.8 Å². The number of aromatic hydroxyl groups is 1.